The Balaban J connectivity index is 0.814. The van der Waals surface area contributed by atoms with Crippen LogP contribution in [-0.4, -0.2) is 289 Å². The van der Waals surface area contributed by atoms with Gasteiger partial charge in [-0.15, -0.1) is 0 Å². The third kappa shape index (κ3) is 32.0. The van der Waals surface area contributed by atoms with E-state index in [1.165, 1.54) is 68.3 Å². The largest absolute Gasteiger partial charge is 0.480 e. The van der Waals surface area contributed by atoms with Crippen molar-refractivity contribution in [1.29, 1.82) is 10.8 Å². The standard InChI is InChI=1S/C98H141BrN26O17/c1-57(2)46-77(122(7)88(135)68(22-15-40-110-96(103)104)115-84(131)75-24-16-44-123(75)89(136)69(21-13-14-39-109-95(101)102)114-82(129)67(34-35-79(100)126)119-93(141)97(3,4)92(140)108-43-38-65-52-106-55-112-65)87(134)121-98(5,6)94(142)120-71(51-66-53-107-56-113-66)83(130)116-70(47-60-36-41-105-42-37-60)81(128)111-54-80(127)125-74-23-12-11-20-63(74)50-78(125)86(133)117-72(48-59-28-32-64(99)33-29-59)90(137)124-45-17-25-76(124)85(132)118-73(91(138)139)49-58-26-30-62(31-27-58)61-18-9-8-10-19-61/h8-10,18-19,26-33,52-53,55-57,60,63,67-78,105H,11-17,20-25,34-51,54H2,1-7H3,(H2,100,126)(H,106,112)(H,107,113)(H,108,140)(H,111,128)(H,114,129)(H,115,131)(H,116,130)(H,117,133)(H,118,132)(H,119,141)(H,120,142)(H,121,134)(H,138,139)(H4,101,102,109)(H4,103,104,110)/t63-,67-,68+,69-,70-,71-,72-,73+,74-,75-,76-,77-,78-/m0/s1. The average molecular weight is 2040 g/mol. The van der Waals surface area contributed by atoms with Gasteiger partial charge in [0.25, 0.3) is 0 Å². The first-order valence-corrected chi connectivity index (χ1v) is 49.9. The Morgan fingerprint density at radius 1 is 0.563 bits per heavy atom. The predicted octanol–water partition coefficient (Wildman–Crippen LogP) is 1.05. The Kier molecular flexibility index (Phi) is 41.2. The van der Waals surface area contributed by atoms with Crippen LogP contribution >= 0.6 is 15.9 Å². The number of nitrogens with zero attached hydrogens (tertiary/aromatic N) is 6. The Labute approximate surface area is 834 Å². The summed E-state index contributed by atoms with van der Waals surface area (Å²) in [5.74, 6) is -13.9. The number of guanidine groups is 2. The van der Waals surface area contributed by atoms with Gasteiger partial charge in [0.1, 0.15) is 77.4 Å². The second-order valence-corrected chi connectivity index (χ2v) is 39.9. The number of halogens is 1. The number of likely N-dealkylation sites (tertiary alicyclic amines) is 3. The van der Waals surface area contributed by atoms with E-state index in [4.69, 9.17) is 28.0 Å². The number of amides is 15. The molecule has 2 aromatic heterocycles. The number of hydrogen-bond acceptors (Lipinski definition) is 21. The number of carbonyl (C=O) groups excluding carboxylic acids is 15. The number of H-pyrrole nitrogens is 2. The molecular weight excluding hydrogens is 1890 g/mol. The van der Waals surface area contributed by atoms with Crippen LogP contribution in [0.2, 0.25) is 0 Å². The quantitative estimate of drug-likeness (QED) is 0.0112. The summed E-state index contributed by atoms with van der Waals surface area (Å²) in [4.78, 5) is 252. The van der Waals surface area contributed by atoms with Gasteiger partial charge in [-0.2, -0.15) is 0 Å². The Morgan fingerprint density at radius 2 is 1.14 bits per heavy atom. The number of piperidine rings is 1. The smallest absolute Gasteiger partial charge is 0.326 e. The number of rotatable bonds is 51. The molecule has 1 aliphatic carbocycles. The van der Waals surface area contributed by atoms with E-state index in [1.54, 1.807) is 44.3 Å². The molecule has 44 heteroatoms. The normalized spacial score (nSPS) is 18.6. The number of nitrogens with two attached hydrogens (primary N) is 3. The average Bonchev–Trinajstić information content (AvgIpc) is 1.63. The number of aromatic amines is 2. The molecule has 13 atom stereocenters. The van der Waals surface area contributed by atoms with Crippen LogP contribution in [0.5, 0.6) is 0 Å². The highest BCUT2D eigenvalue weighted by Gasteiger charge is 2.51. The summed E-state index contributed by atoms with van der Waals surface area (Å²) in [7, 11) is 1.35. The lowest BCUT2D eigenvalue weighted by molar-refractivity contribution is -0.146. The molecule has 0 bridgehead atoms. The van der Waals surface area contributed by atoms with Gasteiger partial charge in [0.2, 0.25) is 88.6 Å². The number of unbranched alkanes of at least 4 members (excludes halogenated alkanes) is 1. The van der Waals surface area contributed by atoms with Gasteiger partial charge in [-0.05, 0) is 202 Å². The molecule has 5 aromatic rings. The third-order valence-electron chi connectivity index (χ3n) is 27.0. The maximum atomic E-state index is 15.3. The molecular formula is C98H141BrN26O17. The molecule has 4 aliphatic heterocycles. The Bertz CT molecular complexity index is 5200. The molecule has 142 heavy (non-hydrogen) atoms. The number of carbonyl (C=O) groups is 16. The fraction of sp³-hybridized carbons (Fsp3) is 0.571. The van der Waals surface area contributed by atoms with Crippen molar-refractivity contribution in [3.63, 3.8) is 0 Å². The second-order valence-electron chi connectivity index (χ2n) is 39.0. The van der Waals surface area contributed by atoms with Crippen LogP contribution in [-0.2, 0) is 102 Å². The van der Waals surface area contributed by atoms with Crippen LogP contribution in [0.15, 0.2) is 108 Å². The lowest BCUT2D eigenvalue weighted by Crippen LogP contribution is -2.63. The number of carboxylic acid groups (broad SMARTS) is 1. The molecule has 772 valence electrons. The summed E-state index contributed by atoms with van der Waals surface area (Å²) in [6, 6.07) is 9.21. The monoisotopic (exact) mass is 2030 g/mol. The fourth-order valence-electron chi connectivity index (χ4n) is 19.0. The minimum Gasteiger partial charge on any atom is -0.480 e. The SMILES string of the molecule is CC(C)C[C@@H](C(=O)NC(C)(C)C(=O)N[C@@H](Cc1c[nH]cn1)C(=O)N[C@@H](CC1CCNCC1)C(=O)NCC(=O)N1[C@H](C(=O)N[C@@H](Cc2ccc(Br)cc2)C(=O)N2CCC[C@H]2C(=O)N[C@H](Cc2ccc(-c3ccccc3)cc2)C(=O)O)C[C@@H]2CCCC[C@@H]21)N(C)C(=O)[C@@H](CCCNC(=N)N)NC(=O)[C@@H]1CCCN1C(=O)[C@H](CCCCNC(=N)N)NC(=O)[C@H](CCC(N)=O)NC(=O)C(C)(C)C(=O)NCCc1cnc[nH]1. The number of benzene rings is 3. The zero-order valence-electron chi connectivity index (χ0n) is 81.9. The van der Waals surface area contributed by atoms with E-state index in [0.29, 0.717) is 74.9 Å². The van der Waals surface area contributed by atoms with E-state index in [0.717, 1.165) is 39.0 Å². The zero-order valence-corrected chi connectivity index (χ0v) is 83.5. The number of fused-ring (bicyclic) bond motifs is 1. The van der Waals surface area contributed by atoms with Crippen LogP contribution in [0.3, 0.4) is 0 Å². The summed E-state index contributed by atoms with van der Waals surface area (Å²) >= 11 is 3.48. The first kappa shape index (κ1) is 111. The summed E-state index contributed by atoms with van der Waals surface area (Å²) < 4.78 is 0.757. The van der Waals surface area contributed by atoms with Gasteiger partial charge < -0.3 is 121 Å². The molecule has 0 spiro atoms. The number of likely N-dealkylation sites (N-methyl/N-ethyl adjacent to an activating group) is 1. The summed E-state index contributed by atoms with van der Waals surface area (Å²) in [6.45, 7) is 10.2. The molecule has 5 fully saturated rings. The molecule has 24 N–H and O–H groups in total. The van der Waals surface area contributed by atoms with Crippen molar-refractivity contribution < 1.29 is 81.8 Å². The number of aromatic nitrogens is 4. The van der Waals surface area contributed by atoms with E-state index < -0.39 is 191 Å². The van der Waals surface area contributed by atoms with Gasteiger partial charge in [-0.3, -0.25) is 82.7 Å². The van der Waals surface area contributed by atoms with Crippen LogP contribution in [0.25, 0.3) is 11.1 Å². The van der Waals surface area contributed by atoms with E-state index in [2.05, 4.69) is 105 Å². The van der Waals surface area contributed by atoms with E-state index >= 15 is 43.2 Å². The number of primary amides is 1. The lowest BCUT2D eigenvalue weighted by atomic mass is 9.84. The minimum absolute atomic E-state index is 0.00139. The first-order chi connectivity index (χ1) is 67.7. The van der Waals surface area contributed by atoms with Crippen molar-refractivity contribution >= 4 is 122 Å². The minimum atomic E-state index is -1.89. The number of nitrogens with one attached hydrogen (secondary N) is 17. The van der Waals surface area contributed by atoms with Gasteiger partial charge >= 0.3 is 5.97 Å². The Hall–Kier alpha value is -13.4. The lowest BCUT2D eigenvalue weighted by Gasteiger charge is -2.35. The van der Waals surface area contributed by atoms with Gasteiger partial charge in [0, 0.05) is 100 Å². The number of hydrogen-bond donors (Lipinski definition) is 21. The first-order valence-electron chi connectivity index (χ1n) is 49.1. The molecule has 43 nitrogen and oxygen atoms in total. The van der Waals surface area contributed by atoms with E-state index in [1.807, 2.05) is 54.6 Å². The summed E-state index contributed by atoms with van der Waals surface area (Å²) in [5.41, 5.74) is 17.3. The van der Waals surface area contributed by atoms with Crippen LogP contribution in [0.4, 0.5) is 0 Å². The summed E-state index contributed by atoms with van der Waals surface area (Å²) in [5, 5.41) is 62.5. The second kappa shape index (κ2) is 52.9. The number of imidazole rings is 2. The summed E-state index contributed by atoms with van der Waals surface area (Å²) in [6.07, 6.45) is 11.1. The van der Waals surface area contributed by atoms with Gasteiger partial charge in [-0.25, -0.2) is 14.8 Å². The highest BCUT2D eigenvalue weighted by Crippen LogP contribution is 2.41. The number of aliphatic carboxylic acids is 1. The van der Waals surface area contributed by atoms with Crippen molar-refractivity contribution in [2.45, 2.75) is 274 Å². The third-order valence-corrected chi connectivity index (χ3v) is 27.6. The van der Waals surface area contributed by atoms with E-state index in [-0.39, 0.29) is 152 Å². The highest BCUT2D eigenvalue weighted by atomic mass is 79.9. The molecule has 0 radical (unpaired) electrons. The molecule has 10 rings (SSSR count). The van der Waals surface area contributed by atoms with E-state index in [9.17, 15) is 38.7 Å². The van der Waals surface area contributed by atoms with Gasteiger partial charge in [0.15, 0.2) is 11.9 Å². The van der Waals surface area contributed by atoms with Crippen LogP contribution < -0.4 is 86.3 Å². The number of carboxylic acids is 1. The molecule has 15 amide bonds. The predicted molar refractivity (Wildman–Crippen MR) is 529 cm³/mol. The van der Waals surface area contributed by atoms with Gasteiger partial charge in [0.05, 0.1) is 24.9 Å². The van der Waals surface area contributed by atoms with Gasteiger partial charge in [-0.1, -0.05) is 109 Å². The topological polar surface area (TPSA) is 646 Å². The Morgan fingerprint density at radius 3 is 1.75 bits per heavy atom. The molecule has 3 aromatic carbocycles. The maximum Gasteiger partial charge on any atom is 0.326 e. The van der Waals surface area contributed by atoms with Crippen LogP contribution in [0, 0.1) is 34.0 Å². The fourth-order valence-corrected chi connectivity index (χ4v) is 19.3. The van der Waals surface area contributed by atoms with Crippen molar-refractivity contribution in [3.8, 4) is 11.1 Å². The van der Waals surface area contributed by atoms with Crippen molar-refractivity contribution in [2.24, 2.45) is 40.4 Å². The van der Waals surface area contributed by atoms with Crippen LogP contribution in [0.1, 0.15) is 192 Å². The zero-order chi connectivity index (χ0) is 103. The molecule has 1 saturated carbocycles. The molecule has 0 unspecified atom stereocenters. The molecule has 6 heterocycles. The maximum absolute atomic E-state index is 15.3. The molecule has 5 aliphatic rings. The van der Waals surface area contributed by atoms with Crippen molar-refractivity contribution in [1.82, 2.24) is 109 Å². The van der Waals surface area contributed by atoms with Crippen molar-refractivity contribution in [3.05, 3.63) is 131 Å². The van der Waals surface area contributed by atoms with Crippen molar-refractivity contribution in [2.75, 3.05) is 59.4 Å². The molecule has 4 saturated heterocycles. The highest BCUT2D eigenvalue weighted by molar-refractivity contribution is 9.10.